The van der Waals surface area contributed by atoms with Crippen molar-refractivity contribution in [2.75, 3.05) is 61.1 Å². The van der Waals surface area contributed by atoms with Gasteiger partial charge in [-0.25, -0.2) is 9.59 Å². The molecule has 2 N–H and O–H groups in total. The van der Waals surface area contributed by atoms with Crippen LogP contribution in [0, 0.1) is 0 Å². The molecule has 2 aliphatic heterocycles. The fourth-order valence-electron chi connectivity index (χ4n) is 3.61. The molecule has 2 heterocycles. The number of benzene rings is 1. The third-order valence-corrected chi connectivity index (χ3v) is 5.28. The molecule has 0 saturated carbocycles. The van der Waals surface area contributed by atoms with E-state index in [9.17, 15) is 9.59 Å². The first kappa shape index (κ1) is 20.9. The van der Waals surface area contributed by atoms with Crippen LogP contribution in [0.3, 0.4) is 0 Å². The van der Waals surface area contributed by atoms with E-state index in [1.807, 2.05) is 0 Å². The molecule has 1 saturated heterocycles. The van der Waals surface area contributed by atoms with Gasteiger partial charge in [-0.15, -0.1) is 0 Å². The summed E-state index contributed by atoms with van der Waals surface area (Å²) in [4.78, 5) is 29.5. The summed E-state index contributed by atoms with van der Waals surface area (Å²) in [5.41, 5.74) is 1.65. The average molecular weight is 404 g/mol. The third kappa shape index (κ3) is 4.63. The molecule has 2 aliphatic rings. The van der Waals surface area contributed by atoms with Gasteiger partial charge in [-0.3, -0.25) is 4.90 Å². The zero-order valence-corrected chi connectivity index (χ0v) is 17.3. The maximum atomic E-state index is 12.7. The monoisotopic (exact) mass is 404 g/mol. The number of likely N-dealkylation sites (N-methyl/N-ethyl adjacent to an activating group) is 1. The number of carbonyl (C=O) groups is 2. The lowest BCUT2D eigenvalue weighted by molar-refractivity contribution is -0.136. The number of hydrogen-bond donors (Lipinski definition) is 2. The van der Waals surface area contributed by atoms with E-state index in [1.54, 1.807) is 32.4 Å². The molecule has 9 heteroatoms. The Morgan fingerprint density at radius 1 is 1.10 bits per heavy atom. The predicted molar refractivity (Wildman–Crippen MR) is 107 cm³/mol. The lowest BCUT2D eigenvalue weighted by Gasteiger charge is -2.35. The van der Waals surface area contributed by atoms with Crippen molar-refractivity contribution in [1.29, 1.82) is 0 Å². The Morgan fingerprint density at radius 3 is 2.41 bits per heavy atom. The van der Waals surface area contributed by atoms with Gasteiger partial charge < -0.3 is 29.7 Å². The van der Waals surface area contributed by atoms with Crippen LogP contribution in [-0.2, 0) is 9.53 Å². The minimum atomic E-state index is -0.654. The first-order chi connectivity index (χ1) is 14.0. The summed E-state index contributed by atoms with van der Waals surface area (Å²) in [5, 5.41) is 5.64. The van der Waals surface area contributed by atoms with E-state index in [0.717, 1.165) is 26.2 Å². The van der Waals surface area contributed by atoms with Gasteiger partial charge in [0.2, 0.25) is 0 Å². The highest BCUT2D eigenvalue weighted by molar-refractivity contribution is 5.95. The minimum Gasteiger partial charge on any atom is -0.493 e. The molecule has 0 spiro atoms. The largest absolute Gasteiger partial charge is 0.493 e. The van der Waals surface area contributed by atoms with Crippen molar-refractivity contribution in [3.8, 4) is 11.5 Å². The maximum Gasteiger partial charge on any atom is 0.338 e. The van der Waals surface area contributed by atoms with Crippen LogP contribution in [0.25, 0.3) is 0 Å². The van der Waals surface area contributed by atoms with Crippen LogP contribution in [0.15, 0.2) is 29.5 Å². The van der Waals surface area contributed by atoms with Gasteiger partial charge in [0.1, 0.15) is 0 Å². The number of hydrogen-bond acceptors (Lipinski definition) is 7. The second kappa shape index (κ2) is 9.15. The van der Waals surface area contributed by atoms with Crippen molar-refractivity contribution < 1.29 is 23.8 Å². The van der Waals surface area contributed by atoms with E-state index in [2.05, 4.69) is 27.5 Å². The van der Waals surface area contributed by atoms with Crippen LogP contribution >= 0.6 is 0 Å². The van der Waals surface area contributed by atoms with Crippen LogP contribution in [-0.4, -0.2) is 82.9 Å². The molecule has 0 aliphatic carbocycles. The highest BCUT2D eigenvalue weighted by Crippen LogP contribution is 2.34. The van der Waals surface area contributed by atoms with Crippen molar-refractivity contribution in [2.45, 2.75) is 6.04 Å². The normalized spacial score (nSPS) is 20.7. The Morgan fingerprint density at radius 2 is 1.79 bits per heavy atom. The Kier molecular flexibility index (Phi) is 6.60. The molecule has 158 valence electrons. The summed E-state index contributed by atoms with van der Waals surface area (Å²) in [7, 11) is 6.51. The molecule has 1 aromatic carbocycles. The van der Waals surface area contributed by atoms with Crippen LogP contribution in [0.5, 0.6) is 11.5 Å². The number of nitrogens with zero attached hydrogens (tertiary/aromatic N) is 2. The molecule has 0 radical (unpaired) electrons. The fraction of sp³-hybridized carbons (Fsp3) is 0.500. The summed E-state index contributed by atoms with van der Waals surface area (Å²) in [5.74, 6) is 0.599. The highest BCUT2D eigenvalue weighted by Gasteiger charge is 2.34. The summed E-state index contributed by atoms with van der Waals surface area (Å²) >= 11 is 0. The standard InChI is InChI=1S/C20H28N4O5/c1-23-7-9-24(10-8-23)12-14-17(19(25)29-4)18(22-20(26)21-14)13-5-6-15(27-2)16(11-13)28-3/h5-6,11,18H,7-10,12H2,1-4H3,(H2,21,22,26). The van der Waals surface area contributed by atoms with E-state index in [4.69, 9.17) is 14.2 Å². The number of nitrogens with one attached hydrogen (secondary N) is 2. The first-order valence-electron chi connectivity index (χ1n) is 9.48. The van der Waals surface area contributed by atoms with E-state index >= 15 is 0 Å². The van der Waals surface area contributed by atoms with Gasteiger partial charge >= 0.3 is 12.0 Å². The number of carbonyl (C=O) groups excluding carboxylic acids is 2. The quantitative estimate of drug-likeness (QED) is 0.676. The molecule has 2 amide bonds. The summed E-state index contributed by atoms with van der Waals surface area (Å²) in [6.07, 6.45) is 0. The highest BCUT2D eigenvalue weighted by atomic mass is 16.5. The Balaban J connectivity index is 1.98. The number of urea groups is 1. The third-order valence-electron chi connectivity index (χ3n) is 5.28. The van der Waals surface area contributed by atoms with Crippen LogP contribution in [0.4, 0.5) is 4.79 Å². The summed E-state index contributed by atoms with van der Waals surface area (Å²) in [6.45, 7) is 4.06. The molecule has 1 fully saturated rings. The van der Waals surface area contributed by atoms with E-state index in [1.165, 1.54) is 7.11 Å². The fourth-order valence-corrected chi connectivity index (χ4v) is 3.61. The average Bonchev–Trinajstić information content (AvgIpc) is 2.74. The van der Waals surface area contributed by atoms with Gasteiger partial charge in [0.25, 0.3) is 0 Å². The van der Waals surface area contributed by atoms with E-state index in [0.29, 0.717) is 34.9 Å². The van der Waals surface area contributed by atoms with Gasteiger partial charge in [0.05, 0.1) is 32.9 Å². The molecular weight excluding hydrogens is 376 g/mol. The van der Waals surface area contributed by atoms with Crippen molar-refractivity contribution in [2.24, 2.45) is 0 Å². The van der Waals surface area contributed by atoms with Gasteiger partial charge in [-0.1, -0.05) is 6.07 Å². The number of piperazine rings is 1. The molecule has 0 bridgehead atoms. The molecule has 0 aromatic heterocycles. The Bertz CT molecular complexity index is 802. The Hall–Kier alpha value is -2.78. The number of ether oxygens (including phenoxy) is 3. The zero-order chi connectivity index (χ0) is 21.0. The van der Waals surface area contributed by atoms with Crippen LogP contribution < -0.4 is 20.1 Å². The molecular formula is C20H28N4O5. The summed E-state index contributed by atoms with van der Waals surface area (Å²) in [6, 6.07) is 4.29. The zero-order valence-electron chi connectivity index (χ0n) is 17.3. The number of rotatable bonds is 6. The topological polar surface area (TPSA) is 92.4 Å². The predicted octanol–water partition coefficient (Wildman–Crippen LogP) is 0.732. The van der Waals surface area contributed by atoms with E-state index < -0.39 is 12.0 Å². The molecule has 1 unspecified atom stereocenters. The molecule has 29 heavy (non-hydrogen) atoms. The lowest BCUT2D eigenvalue weighted by Crippen LogP contribution is -2.51. The molecule has 9 nitrogen and oxygen atoms in total. The number of esters is 1. The Labute approximate surface area is 170 Å². The lowest BCUT2D eigenvalue weighted by atomic mass is 9.94. The van der Waals surface area contributed by atoms with Crippen molar-refractivity contribution in [1.82, 2.24) is 20.4 Å². The van der Waals surface area contributed by atoms with Crippen LogP contribution in [0.1, 0.15) is 11.6 Å². The van der Waals surface area contributed by atoms with Gasteiger partial charge in [0, 0.05) is 38.4 Å². The number of amides is 2. The molecule has 3 rings (SSSR count). The molecule has 1 atom stereocenters. The van der Waals surface area contributed by atoms with Gasteiger partial charge in [0.15, 0.2) is 11.5 Å². The van der Waals surface area contributed by atoms with Crippen molar-refractivity contribution in [3.63, 3.8) is 0 Å². The maximum absolute atomic E-state index is 12.7. The second-order valence-corrected chi connectivity index (χ2v) is 7.11. The van der Waals surface area contributed by atoms with E-state index in [-0.39, 0.29) is 6.03 Å². The SMILES string of the molecule is COC(=O)C1=C(CN2CCN(C)CC2)NC(=O)NC1c1ccc(OC)c(OC)c1. The van der Waals surface area contributed by atoms with Crippen LogP contribution in [0.2, 0.25) is 0 Å². The number of methoxy groups -OCH3 is 3. The smallest absolute Gasteiger partial charge is 0.338 e. The van der Waals surface area contributed by atoms with Gasteiger partial charge in [-0.2, -0.15) is 0 Å². The van der Waals surface area contributed by atoms with Crippen molar-refractivity contribution >= 4 is 12.0 Å². The minimum absolute atomic E-state index is 0.360. The first-order valence-corrected chi connectivity index (χ1v) is 9.48. The molecule has 1 aromatic rings. The van der Waals surface area contributed by atoms with Crippen molar-refractivity contribution in [3.05, 3.63) is 35.0 Å². The second-order valence-electron chi connectivity index (χ2n) is 7.11. The van der Waals surface area contributed by atoms with Gasteiger partial charge in [-0.05, 0) is 24.7 Å². The summed E-state index contributed by atoms with van der Waals surface area (Å²) < 4.78 is 15.7.